The standard InChI is InChI=1S/C14H18N2O3S/c1-11-4-6-12(7-5-11)15-10-13-8-9-14(19-13)20(17,18)16(2)3/h4-9,15H,10H2,1-3H3. The average molecular weight is 294 g/mol. The number of aryl methyl sites for hydroxylation is 1. The third kappa shape index (κ3) is 3.20. The Morgan fingerprint density at radius 2 is 1.75 bits per heavy atom. The summed E-state index contributed by atoms with van der Waals surface area (Å²) in [5.41, 5.74) is 2.15. The number of benzene rings is 1. The molecule has 0 aliphatic carbocycles. The van der Waals surface area contributed by atoms with E-state index in [1.54, 1.807) is 6.07 Å². The normalized spacial score (nSPS) is 11.8. The number of hydrogen-bond acceptors (Lipinski definition) is 4. The molecule has 2 rings (SSSR count). The largest absolute Gasteiger partial charge is 0.446 e. The monoisotopic (exact) mass is 294 g/mol. The van der Waals surface area contributed by atoms with E-state index in [9.17, 15) is 8.42 Å². The first-order valence-electron chi connectivity index (χ1n) is 6.21. The van der Waals surface area contributed by atoms with Crippen LogP contribution in [0.4, 0.5) is 5.69 Å². The van der Waals surface area contributed by atoms with Crippen LogP contribution in [-0.4, -0.2) is 26.8 Å². The van der Waals surface area contributed by atoms with Crippen molar-refractivity contribution in [1.29, 1.82) is 0 Å². The zero-order chi connectivity index (χ0) is 14.8. The summed E-state index contributed by atoms with van der Waals surface area (Å²) >= 11 is 0. The van der Waals surface area contributed by atoms with Crippen molar-refractivity contribution in [3.05, 3.63) is 47.7 Å². The smallest absolute Gasteiger partial charge is 0.275 e. The number of anilines is 1. The molecule has 0 fully saturated rings. The number of nitrogens with zero attached hydrogens (tertiary/aromatic N) is 1. The van der Waals surface area contributed by atoms with E-state index in [-0.39, 0.29) is 5.09 Å². The molecule has 1 aromatic carbocycles. The van der Waals surface area contributed by atoms with Crippen molar-refractivity contribution in [1.82, 2.24) is 4.31 Å². The Bertz CT molecular complexity index is 673. The van der Waals surface area contributed by atoms with Gasteiger partial charge >= 0.3 is 0 Å². The van der Waals surface area contributed by atoms with Crippen LogP contribution >= 0.6 is 0 Å². The Kier molecular flexibility index (Phi) is 4.15. The summed E-state index contributed by atoms with van der Waals surface area (Å²) in [6.45, 7) is 2.46. The van der Waals surface area contributed by atoms with Crippen molar-refractivity contribution >= 4 is 15.7 Å². The molecule has 5 nitrogen and oxygen atoms in total. The molecule has 2 aromatic rings. The Morgan fingerprint density at radius 3 is 2.35 bits per heavy atom. The van der Waals surface area contributed by atoms with Gasteiger partial charge in [0.2, 0.25) is 5.09 Å². The lowest BCUT2D eigenvalue weighted by Gasteiger charge is -2.08. The summed E-state index contributed by atoms with van der Waals surface area (Å²) in [7, 11) is -0.557. The van der Waals surface area contributed by atoms with Crippen LogP contribution in [0.5, 0.6) is 0 Å². The first kappa shape index (κ1) is 14.6. The van der Waals surface area contributed by atoms with Crippen LogP contribution in [0.25, 0.3) is 0 Å². The average Bonchev–Trinajstić information content (AvgIpc) is 2.87. The van der Waals surface area contributed by atoms with Crippen molar-refractivity contribution in [3.8, 4) is 0 Å². The van der Waals surface area contributed by atoms with Gasteiger partial charge in [-0.3, -0.25) is 0 Å². The molecule has 0 radical (unpaired) electrons. The number of rotatable bonds is 5. The Morgan fingerprint density at radius 1 is 1.10 bits per heavy atom. The van der Waals surface area contributed by atoms with E-state index in [0.717, 1.165) is 9.99 Å². The molecule has 1 N–H and O–H groups in total. The summed E-state index contributed by atoms with van der Waals surface area (Å²) in [5.74, 6) is 0.575. The molecule has 108 valence electrons. The first-order chi connectivity index (χ1) is 9.39. The van der Waals surface area contributed by atoms with E-state index in [1.165, 1.54) is 25.7 Å². The summed E-state index contributed by atoms with van der Waals surface area (Å²) < 4.78 is 30.2. The summed E-state index contributed by atoms with van der Waals surface area (Å²) in [6.07, 6.45) is 0. The molecule has 0 saturated heterocycles. The number of nitrogens with one attached hydrogen (secondary N) is 1. The summed E-state index contributed by atoms with van der Waals surface area (Å²) in [5, 5.41) is 3.14. The lowest BCUT2D eigenvalue weighted by molar-refractivity contribution is 0.402. The van der Waals surface area contributed by atoms with Gasteiger partial charge < -0.3 is 9.73 Å². The van der Waals surface area contributed by atoms with E-state index in [0.29, 0.717) is 12.3 Å². The van der Waals surface area contributed by atoms with E-state index >= 15 is 0 Å². The molecule has 0 aliphatic rings. The highest BCUT2D eigenvalue weighted by molar-refractivity contribution is 7.88. The van der Waals surface area contributed by atoms with Gasteiger partial charge in [-0.15, -0.1) is 0 Å². The predicted molar refractivity (Wildman–Crippen MR) is 78.1 cm³/mol. The minimum absolute atomic E-state index is 0.0387. The molecule has 1 aromatic heterocycles. The number of furan rings is 1. The molecule has 0 spiro atoms. The van der Waals surface area contributed by atoms with Gasteiger partial charge in [0, 0.05) is 19.8 Å². The van der Waals surface area contributed by atoms with Gasteiger partial charge in [-0.05, 0) is 31.2 Å². The van der Waals surface area contributed by atoms with Gasteiger partial charge in [-0.2, -0.15) is 0 Å². The Labute approximate surface area is 119 Å². The molecule has 20 heavy (non-hydrogen) atoms. The maximum absolute atomic E-state index is 11.9. The van der Waals surface area contributed by atoms with E-state index in [1.807, 2.05) is 31.2 Å². The van der Waals surface area contributed by atoms with E-state index in [4.69, 9.17) is 4.42 Å². The molecule has 0 unspecified atom stereocenters. The zero-order valence-electron chi connectivity index (χ0n) is 11.8. The van der Waals surface area contributed by atoms with Crippen LogP contribution in [0.3, 0.4) is 0 Å². The van der Waals surface area contributed by atoms with Crippen LogP contribution in [-0.2, 0) is 16.6 Å². The molecule has 6 heteroatoms. The minimum Gasteiger partial charge on any atom is -0.446 e. The Hall–Kier alpha value is -1.79. The molecule has 0 saturated carbocycles. The van der Waals surface area contributed by atoms with E-state index in [2.05, 4.69) is 5.32 Å². The highest BCUT2D eigenvalue weighted by Crippen LogP contribution is 2.18. The maximum Gasteiger partial charge on any atom is 0.275 e. The first-order valence-corrected chi connectivity index (χ1v) is 7.65. The second-order valence-electron chi connectivity index (χ2n) is 4.73. The van der Waals surface area contributed by atoms with Crippen LogP contribution < -0.4 is 5.32 Å². The van der Waals surface area contributed by atoms with Gasteiger partial charge in [0.05, 0.1) is 6.54 Å². The van der Waals surface area contributed by atoms with Crippen molar-refractivity contribution in [2.45, 2.75) is 18.6 Å². The molecule has 1 heterocycles. The van der Waals surface area contributed by atoms with Crippen LogP contribution in [0.2, 0.25) is 0 Å². The van der Waals surface area contributed by atoms with Crippen molar-refractivity contribution in [2.75, 3.05) is 19.4 Å². The minimum atomic E-state index is -3.51. The molecular formula is C14H18N2O3S. The summed E-state index contributed by atoms with van der Waals surface area (Å²) in [6, 6.07) is 11.1. The second kappa shape index (κ2) is 5.68. The van der Waals surface area contributed by atoms with Crippen molar-refractivity contribution < 1.29 is 12.8 Å². The third-order valence-electron chi connectivity index (χ3n) is 2.89. The highest BCUT2D eigenvalue weighted by atomic mass is 32.2. The Balaban J connectivity index is 2.05. The quantitative estimate of drug-likeness (QED) is 0.920. The molecule has 0 bridgehead atoms. The third-order valence-corrected chi connectivity index (χ3v) is 4.58. The van der Waals surface area contributed by atoms with Gasteiger partial charge in [0.25, 0.3) is 10.0 Å². The lowest BCUT2D eigenvalue weighted by atomic mass is 10.2. The summed E-state index contributed by atoms with van der Waals surface area (Å²) in [4.78, 5) is 0. The topological polar surface area (TPSA) is 62.6 Å². The van der Waals surface area contributed by atoms with Crippen molar-refractivity contribution in [2.24, 2.45) is 0 Å². The molecular weight excluding hydrogens is 276 g/mol. The predicted octanol–water partition coefficient (Wildman–Crippen LogP) is 2.45. The van der Waals surface area contributed by atoms with Gasteiger partial charge in [0.15, 0.2) is 0 Å². The fraction of sp³-hybridized carbons (Fsp3) is 0.286. The van der Waals surface area contributed by atoms with Crippen LogP contribution in [0, 0.1) is 6.92 Å². The lowest BCUT2D eigenvalue weighted by Crippen LogP contribution is -2.21. The molecule has 0 atom stereocenters. The fourth-order valence-corrected chi connectivity index (χ4v) is 2.44. The van der Waals surface area contributed by atoms with Crippen LogP contribution in [0.15, 0.2) is 45.9 Å². The highest BCUT2D eigenvalue weighted by Gasteiger charge is 2.21. The van der Waals surface area contributed by atoms with E-state index < -0.39 is 10.0 Å². The molecule has 0 aliphatic heterocycles. The maximum atomic E-state index is 11.9. The number of hydrogen-bond donors (Lipinski definition) is 1. The van der Waals surface area contributed by atoms with Gasteiger partial charge in [0.1, 0.15) is 5.76 Å². The van der Waals surface area contributed by atoms with Gasteiger partial charge in [-0.1, -0.05) is 17.7 Å². The molecule has 0 amide bonds. The van der Waals surface area contributed by atoms with Gasteiger partial charge in [-0.25, -0.2) is 12.7 Å². The fourth-order valence-electron chi connectivity index (χ4n) is 1.63. The van der Waals surface area contributed by atoms with Crippen LogP contribution in [0.1, 0.15) is 11.3 Å². The SMILES string of the molecule is Cc1ccc(NCc2ccc(S(=O)(=O)N(C)C)o2)cc1. The van der Waals surface area contributed by atoms with Crippen molar-refractivity contribution in [3.63, 3.8) is 0 Å². The zero-order valence-corrected chi connectivity index (χ0v) is 12.6. The second-order valence-corrected chi connectivity index (χ2v) is 6.81. The number of sulfonamides is 1.